The second-order valence-corrected chi connectivity index (χ2v) is 3.44. The van der Waals surface area contributed by atoms with Gasteiger partial charge in [0.2, 0.25) is 0 Å². The van der Waals surface area contributed by atoms with E-state index >= 15 is 0 Å². The van der Waals surface area contributed by atoms with Crippen LogP contribution in [0.3, 0.4) is 0 Å². The van der Waals surface area contributed by atoms with Crippen molar-refractivity contribution in [3.63, 3.8) is 0 Å². The summed E-state index contributed by atoms with van der Waals surface area (Å²) in [5.74, 6) is -1.42. The van der Waals surface area contributed by atoms with E-state index in [1.165, 1.54) is 12.1 Å². The number of esters is 1. The standard InChI is InChI=1S/C11H10O4/c12-10(13)8-3-1-7(2-4-8)9-5-6-15-11(9)14/h1-4,9H,5-6H2,(H,12,13). The minimum Gasteiger partial charge on any atom is -0.478 e. The van der Waals surface area contributed by atoms with Crippen LogP contribution in [0.2, 0.25) is 0 Å². The predicted molar refractivity (Wildman–Crippen MR) is 51.7 cm³/mol. The van der Waals surface area contributed by atoms with Crippen molar-refractivity contribution in [1.82, 2.24) is 0 Å². The molecule has 0 aromatic heterocycles. The fourth-order valence-corrected chi connectivity index (χ4v) is 1.66. The summed E-state index contributed by atoms with van der Waals surface area (Å²) >= 11 is 0. The summed E-state index contributed by atoms with van der Waals surface area (Å²) < 4.78 is 4.84. The molecule has 0 aliphatic carbocycles. The quantitative estimate of drug-likeness (QED) is 0.743. The lowest BCUT2D eigenvalue weighted by Gasteiger charge is -2.05. The van der Waals surface area contributed by atoms with Crippen molar-refractivity contribution in [2.45, 2.75) is 12.3 Å². The predicted octanol–water partition coefficient (Wildman–Crippen LogP) is 1.42. The van der Waals surface area contributed by atoms with E-state index in [9.17, 15) is 9.59 Å². The van der Waals surface area contributed by atoms with E-state index in [0.29, 0.717) is 13.0 Å². The van der Waals surface area contributed by atoms with Gasteiger partial charge in [0.25, 0.3) is 0 Å². The Morgan fingerprint density at radius 3 is 2.47 bits per heavy atom. The van der Waals surface area contributed by atoms with Crippen molar-refractivity contribution < 1.29 is 19.4 Å². The van der Waals surface area contributed by atoms with Gasteiger partial charge in [0.05, 0.1) is 18.1 Å². The molecule has 0 amide bonds. The van der Waals surface area contributed by atoms with Gasteiger partial charge in [0.1, 0.15) is 0 Å². The average molecular weight is 206 g/mol. The molecule has 1 aromatic rings. The summed E-state index contributed by atoms with van der Waals surface area (Å²) in [6.07, 6.45) is 0.672. The van der Waals surface area contributed by atoms with Gasteiger partial charge in [-0.05, 0) is 24.1 Å². The third-order valence-corrected chi connectivity index (χ3v) is 2.50. The molecule has 0 spiro atoms. The summed E-state index contributed by atoms with van der Waals surface area (Å²) in [7, 11) is 0. The first kappa shape index (κ1) is 9.71. The van der Waals surface area contributed by atoms with Crippen LogP contribution >= 0.6 is 0 Å². The fraction of sp³-hybridized carbons (Fsp3) is 0.273. The zero-order chi connectivity index (χ0) is 10.8. The van der Waals surface area contributed by atoms with Crippen molar-refractivity contribution in [1.29, 1.82) is 0 Å². The van der Waals surface area contributed by atoms with E-state index < -0.39 is 5.97 Å². The van der Waals surface area contributed by atoms with E-state index in [4.69, 9.17) is 9.84 Å². The van der Waals surface area contributed by atoms with Crippen LogP contribution in [0.25, 0.3) is 0 Å². The van der Waals surface area contributed by atoms with Crippen LogP contribution in [0, 0.1) is 0 Å². The van der Waals surface area contributed by atoms with Crippen molar-refractivity contribution in [2.24, 2.45) is 0 Å². The summed E-state index contributed by atoms with van der Waals surface area (Å²) in [6, 6.07) is 6.34. The molecule has 1 fully saturated rings. The Morgan fingerprint density at radius 1 is 1.33 bits per heavy atom. The van der Waals surface area contributed by atoms with Gasteiger partial charge in [0.15, 0.2) is 0 Å². The molecule has 2 rings (SSSR count). The lowest BCUT2D eigenvalue weighted by molar-refractivity contribution is -0.139. The number of cyclic esters (lactones) is 1. The molecule has 0 bridgehead atoms. The summed E-state index contributed by atoms with van der Waals surface area (Å²) in [4.78, 5) is 21.9. The molecule has 1 heterocycles. The summed E-state index contributed by atoms with van der Waals surface area (Å²) in [5.41, 5.74) is 1.05. The molecule has 0 radical (unpaired) electrons. The molecular formula is C11H10O4. The first-order chi connectivity index (χ1) is 7.18. The molecule has 1 atom stereocenters. The number of carbonyl (C=O) groups excluding carboxylic acids is 1. The van der Waals surface area contributed by atoms with Gasteiger partial charge in [-0.2, -0.15) is 0 Å². The minimum absolute atomic E-state index is 0.224. The lowest BCUT2D eigenvalue weighted by Crippen LogP contribution is -2.06. The van der Waals surface area contributed by atoms with Crippen LogP contribution in [-0.2, 0) is 9.53 Å². The highest BCUT2D eigenvalue weighted by atomic mass is 16.5. The minimum atomic E-state index is -0.962. The Labute approximate surface area is 86.5 Å². The zero-order valence-corrected chi connectivity index (χ0v) is 7.97. The van der Waals surface area contributed by atoms with E-state index in [1.807, 2.05) is 0 Å². The van der Waals surface area contributed by atoms with E-state index in [2.05, 4.69) is 0 Å². The van der Waals surface area contributed by atoms with Crippen LogP contribution in [0.5, 0.6) is 0 Å². The molecular weight excluding hydrogens is 196 g/mol. The number of carboxylic acid groups (broad SMARTS) is 1. The highest BCUT2D eigenvalue weighted by Gasteiger charge is 2.27. The number of hydrogen-bond donors (Lipinski definition) is 1. The van der Waals surface area contributed by atoms with Gasteiger partial charge in [-0.3, -0.25) is 4.79 Å². The first-order valence-corrected chi connectivity index (χ1v) is 4.68. The summed E-state index contributed by atoms with van der Waals surface area (Å²) in [5, 5.41) is 8.70. The molecule has 1 aliphatic rings. The molecule has 4 nitrogen and oxygen atoms in total. The van der Waals surface area contributed by atoms with E-state index in [-0.39, 0.29) is 17.5 Å². The topological polar surface area (TPSA) is 63.6 Å². The zero-order valence-electron chi connectivity index (χ0n) is 7.97. The van der Waals surface area contributed by atoms with Crippen LogP contribution in [0.15, 0.2) is 24.3 Å². The molecule has 4 heteroatoms. The first-order valence-electron chi connectivity index (χ1n) is 4.68. The van der Waals surface area contributed by atoms with Gasteiger partial charge in [0, 0.05) is 0 Å². The number of carbonyl (C=O) groups is 2. The lowest BCUT2D eigenvalue weighted by atomic mass is 9.97. The Morgan fingerprint density at radius 2 is 2.00 bits per heavy atom. The molecule has 1 unspecified atom stereocenters. The van der Waals surface area contributed by atoms with E-state index in [1.54, 1.807) is 12.1 Å². The van der Waals surface area contributed by atoms with Crippen molar-refractivity contribution >= 4 is 11.9 Å². The fourth-order valence-electron chi connectivity index (χ4n) is 1.66. The van der Waals surface area contributed by atoms with Gasteiger partial charge >= 0.3 is 11.9 Å². The van der Waals surface area contributed by atoms with Crippen LogP contribution in [0.1, 0.15) is 28.3 Å². The van der Waals surface area contributed by atoms with E-state index in [0.717, 1.165) is 5.56 Å². The number of ether oxygens (including phenoxy) is 1. The maximum Gasteiger partial charge on any atom is 0.335 e. The SMILES string of the molecule is O=C(O)c1ccc(C2CCOC2=O)cc1. The molecule has 1 aliphatic heterocycles. The maximum atomic E-state index is 11.3. The van der Waals surface area contributed by atoms with Gasteiger partial charge in [-0.25, -0.2) is 4.79 Å². The second-order valence-electron chi connectivity index (χ2n) is 3.44. The van der Waals surface area contributed by atoms with Crippen molar-refractivity contribution in [2.75, 3.05) is 6.61 Å². The molecule has 0 saturated carbocycles. The number of hydrogen-bond acceptors (Lipinski definition) is 3. The van der Waals surface area contributed by atoms with Crippen molar-refractivity contribution in [3.05, 3.63) is 35.4 Å². The molecule has 78 valence electrons. The molecule has 15 heavy (non-hydrogen) atoms. The Kier molecular flexibility index (Phi) is 2.41. The largest absolute Gasteiger partial charge is 0.478 e. The van der Waals surface area contributed by atoms with Crippen molar-refractivity contribution in [3.8, 4) is 0 Å². The number of benzene rings is 1. The highest BCUT2D eigenvalue weighted by molar-refractivity contribution is 5.88. The third kappa shape index (κ3) is 1.83. The Hall–Kier alpha value is -1.84. The number of carboxylic acids is 1. The average Bonchev–Trinajstić information content (AvgIpc) is 2.65. The number of rotatable bonds is 2. The molecule has 1 saturated heterocycles. The molecule has 1 aromatic carbocycles. The van der Waals surface area contributed by atoms with Crippen LogP contribution < -0.4 is 0 Å². The summed E-state index contributed by atoms with van der Waals surface area (Å²) in [6.45, 7) is 0.449. The monoisotopic (exact) mass is 206 g/mol. The third-order valence-electron chi connectivity index (χ3n) is 2.50. The second kappa shape index (κ2) is 3.73. The maximum absolute atomic E-state index is 11.3. The van der Waals surface area contributed by atoms with Gasteiger partial charge < -0.3 is 9.84 Å². The highest BCUT2D eigenvalue weighted by Crippen LogP contribution is 2.26. The normalized spacial score (nSPS) is 20.0. The Balaban J connectivity index is 2.23. The Bertz CT molecular complexity index is 394. The van der Waals surface area contributed by atoms with Crippen LogP contribution in [0.4, 0.5) is 0 Å². The number of aromatic carboxylic acids is 1. The van der Waals surface area contributed by atoms with Crippen LogP contribution in [-0.4, -0.2) is 23.7 Å². The smallest absolute Gasteiger partial charge is 0.335 e. The van der Waals surface area contributed by atoms with Gasteiger partial charge in [-0.15, -0.1) is 0 Å². The van der Waals surface area contributed by atoms with Gasteiger partial charge in [-0.1, -0.05) is 12.1 Å². The molecule has 1 N–H and O–H groups in total.